The largest absolute Gasteiger partial charge is 0.357 e. The van der Waals surface area contributed by atoms with Crippen molar-refractivity contribution in [3.63, 3.8) is 0 Å². The Labute approximate surface area is 188 Å². The van der Waals surface area contributed by atoms with E-state index in [9.17, 15) is 4.79 Å². The van der Waals surface area contributed by atoms with Crippen LogP contribution < -0.4 is 21.3 Å². The van der Waals surface area contributed by atoms with Crippen molar-refractivity contribution in [3.8, 4) is 0 Å². The zero-order valence-corrected chi connectivity index (χ0v) is 19.8. The average Bonchev–Trinajstić information content (AvgIpc) is 3.13. The first-order valence-corrected chi connectivity index (χ1v) is 10.2. The van der Waals surface area contributed by atoms with Gasteiger partial charge in [-0.1, -0.05) is 18.2 Å². The fraction of sp³-hybridized carbons (Fsp3) is 0.400. The summed E-state index contributed by atoms with van der Waals surface area (Å²) in [5, 5.41) is 14.3. The van der Waals surface area contributed by atoms with Crippen LogP contribution in [0.4, 0.5) is 10.5 Å². The van der Waals surface area contributed by atoms with Crippen molar-refractivity contribution in [2.24, 2.45) is 4.99 Å². The number of benzene rings is 1. The molecular weight excluding hydrogens is 485 g/mol. The molecular formula is C20H30IN5OS. The van der Waals surface area contributed by atoms with E-state index in [2.05, 4.69) is 50.7 Å². The number of hydrogen-bond acceptors (Lipinski definition) is 3. The van der Waals surface area contributed by atoms with Gasteiger partial charge >= 0.3 is 6.03 Å². The van der Waals surface area contributed by atoms with E-state index in [1.165, 1.54) is 4.88 Å². The Morgan fingerprint density at radius 2 is 1.89 bits per heavy atom. The molecule has 8 heteroatoms. The number of anilines is 1. The molecule has 28 heavy (non-hydrogen) atoms. The van der Waals surface area contributed by atoms with Crippen LogP contribution in [-0.4, -0.2) is 31.1 Å². The summed E-state index contributed by atoms with van der Waals surface area (Å²) in [6.45, 7) is 8.15. The molecule has 0 saturated carbocycles. The van der Waals surface area contributed by atoms with Crippen molar-refractivity contribution in [1.82, 2.24) is 16.0 Å². The van der Waals surface area contributed by atoms with Gasteiger partial charge in [-0.2, -0.15) is 0 Å². The summed E-state index contributed by atoms with van der Waals surface area (Å²) in [6, 6.07) is 11.9. The molecule has 0 unspecified atom stereocenters. The van der Waals surface area contributed by atoms with E-state index in [0.29, 0.717) is 6.54 Å². The Morgan fingerprint density at radius 3 is 2.50 bits per heavy atom. The van der Waals surface area contributed by atoms with Crippen LogP contribution in [-0.2, 0) is 13.0 Å². The highest BCUT2D eigenvalue weighted by molar-refractivity contribution is 14.0. The maximum Gasteiger partial charge on any atom is 0.319 e. The highest BCUT2D eigenvalue weighted by Gasteiger charge is 2.03. The Balaban J connectivity index is 0.00000392. The smallest absolute Gasteiger partial charge is 0.319 e. The van der Waals surface area contributed by atoms with E-state index < -0.39 is 0 Å². The van der Waals surface area contributed by atoms with Crippen LogP contribution in [0.15, 0.2) is 46.8 Å². The van der Waals surface area contributed by atoms with Gasteiger partial charge in [-0.25, -0.2) is 9.79 Å². The number of hydrogen-bond donors (Lipinski definition) is 4. The lowest BCUT2D eigenvalue weighted by Crippen LogP contribution is -2.38. The lowest BCUT2D eigenvalue weighted by Gasteiger charge is -2.11. The third-order valence-corrected chi connectivity index (χ3v) is 4.58. The van der Waals surface area contributed by atoms with Crippen LogP contribution in [0.5, 0.6) is 0 Å². The molecule has 1 aromatic carbocycles. The van der Waals surface area contributed by atoms with E-state index in [1.807, 2.05) is 38.1 Å². The van der Waals surface area contributed by atoms with Crippen molar-refractivity contribution in [3.05, 3.63) is 52.2 Å². The number of amides is 2. The van der Waals surface area contributed by atoms with Gasteiger partial charge < -0.3 is 21.3 Å². The van der Waals surface area contributed by atoms with E-state index >= 15 is 0 Å². The monoisotopic (exact) mass is 515 g/mol. The molecule has 0 aliphatic carbocycles. The van der Waals surface area contributed by atoms with Gasteiger partial charge in [0, 0.05) is 29.7 Å². The van der Waals surface area contributed by atoms with Gasteiger partial charge in [0.2, 0.25) is 0 Å². The zero-order chi connectivity index (χ0) is 19.5. The van der Waals surface area contributed by atoms with E-state index in [4.69, 9.17) is 0 Å². The number of guanidine groups is 1. The number of carbonyl (C=O) groups is 1. The number of nitrogens with one attached hydrogen (secondary N) is 4. The van der Waals surface area contributed by atoms with Crippen LogP contribution in [0.2, 0.25) is 0 Å². The fourth-order valence-electron chi connectivity index (χ4n) is 2.39. The Bertz CT molecular complexity index is 717. The molecule has 0 spiro atoms. The number of urea groups is 1. The highest BCUT2D eigenvalue weighted by atomic mass is 127. The molecule has 2 amide bonds. The lowest BCUT2D eigenvalue weighted by atomic mass is 10.2. The van der Waals surface area contributed by atoms with Gasteiger partial charge in [-0.15, -0.1) is 35.3 Å². The van der Waals surface area contributed by atoms with E-state index in [-0.39, 0.29) is 36.0 Å². The molecule has 0 bridgehead atoms. The minimum absolute atomic E-state index is 0. The van der Waals surface area contributed by atoms with Crippen molar-refractivity contribution in [2.75, 3.05) is 18.4 Å². The number of rotatable bonds is 8. The van der Waals surface area contributed by atoms with Crippen molar-refractivity contribution < 1.29 is 4.79 Å². The maximum atomic E-state index is 11.7. The summed E-state index contributed by atoms with van der Waals surface area (Å²) in [6.07, 6.45) is 0.987. The number of thiophene rings is 1. The van der Waals surface area contributed by atoms with Gasteiger partial charge in [-0.05, 0) is 56.3 Å². The molecule has 0 aliphatic rings. The normalized spacial score (nSPS) is 10.9. The molecule has 2 rings (SSSR count). The van der Waals surface area contributed by atoms with Crippen LogP contribution in [0, 0.1) is 0 Å². The summed E-state index contributed by atoms with van der Waals surface area (Å²) in [5.41, 5.74) is 1.85. The lowest BCUT2D eigenvalue weighted by molar-refractivity contribution is 0.250. The molecule has 2 aromatic rings. The summed E-state index contributed by atoms with van der Waals surface area (Å²) in [7, 11) is 0. The molecule has 0 saturated heterocycles. The van der Waals surface area contributed by atoms with Crippen molar-refractivity contribution >= 4 is 53.0 Å². The molecule has 1 heterocycles. The van der Waals surface area contributed by atoms with Crippen LogP contribution in [0.25, 0.3) is 0 Å². The number of nitrogens with zero attached hydrogens (tertiary/aromatic N) is 1. The minimum Gasteiger partial charge on any atom is -0.357 e. The summed E-state index contributed by atoms with van der Waals surface area (Å²) >= 11 is 1.77. The van der Waals surface area contributed by atoms with E-state index in [1.54, 1.807) is 11.3 Å². The second kappa shape index (κ2) is 13.4. The topological polar surface area (TPSA) is 77.5 Å². The summed E-state index contributed by atoms with van der Waals surface area (Å²) in [5.74, 6) is 0.813. The number of halogens is 1. The predicted octanol–water partition coefficient (Wildman–Crippen LogP) is 4.19. The van der Waals surface area contributed by atoms with Gasteiger partial charge in [-0.3, -0.25) is 0 Å². The molecule has 0 aliphatic heterocycles. The van der Waals surface area contributed by atoms with Crippen molar-refractivity contribution in [2.45, 2.75) is 39.8 Å². The predicted molar refractivity (Wildman–Crippen MR) is 130 cm³/mol. The Morgan fingerprint density at radius 1 is 1.14 bits per heavy atom. The zero-order valence-electron chi connectivity index (χ0n) is 16.6. The van der Waals surface area contributed by atoms with Gasteiger partial charge in [0.15, 0.2) is 5.96 Å². The van der Waals surface area contributed by atoms with Gasteiger partial charge in [0.25, 0.3) is 0 Å². The van der Waals surface area contributed by atoms with Crippen LogP contribution in [0.1, 0.15) is 31.2 Å². The molecule has 0 radical (unpaired) electrons. The molecule has 4 N–H and O–H groups in total. The third kappa shape index (κ3) is 9.41. The van der Waals surface area contributed by atoms with Crippen molar-refractivity contribution in [1.29, 1.82) is 0 Å². The Kier molecular flexibility index (Phi) is 11.6. The third-order valence-electron chi connectivity index (χ3n) is 3.64. The Hall–Kier alpha value is -1.81. The standard InChI is InChI=1S/C20H29N5OS.HI/c1-4-21-19(22-12-11-18-6-5-13-27-18)23-14-16-7-9-17(10-8-16)25-20(26)24-15(2)3;/h5-10,13,15H,4,11-12,14H2,1-3H3,(H2,21,22,23)(H2,24,25,26);1H. The summed E-state index contributed by atoms with van der Waals surface area (Å²) in [4.78, 5) is 17.7. The molecule has 1 aromatic heterocycles. The van der Waals surface area contributed by atoms with Gasteiger partial charge in [0.05, 0.1) is 6.54 Å². The van der Waals surface area contributed by atoms with E-state index in [0.717, 1.165) is 36.7 Å². The quantitative estimate of drug-likeness (QED) is 0.242. The summed E-state index contributed by atoms with van der Waals surface area (Å²) < 4.78 is 0. The van der Waals surface area contributed by atoms with Gasteiger partial charge in [0.1, 0.15) is 0 Å². The maximum absolute atomic E-state index is 11.7. The number of carbonyl (C=O) groups excluding carboxylic acids is 1. The fourth-order valence-corrected chi connectivity index (χ4v) is 3.10. The van der Waals surface area contributed by atoms with Crippen LogP contribution in [0.3, 0.4) is 0 Å². The average molecular weight is 515 g/mol. The first-order valence-electron chi connectivity index (χ1n) is 9.28. The molecule has 6 nitrogen and oxygen atoms in total. The second-order valence-electron chi connectivity index (χ2n) is 6.40. The SMILES string of the molecule is CCNC(=NCc1ccc(NC(=O)NC(C)C)cc1)NCCc1cccs1.I. The minimum atomic E-state index is -0.194. The molecule has 0 fully saturated rings. The molecule has 154 valence electrons. The first-order chi connectivity index (χ1) is 13.1. The molecule has 0 atom stereocenters. The number of aliphatic imine (C=N–C) groups is 1. The van der Waals surface area contributed by atoms with Crippen LogP contribution >= 0.6 is 35.3 Å². The first kappa shape index (κ1) is 24.2. The highest BCUT2D eigenvalue weighted by Crippen LogP contribution is 2.11. The second-order valence-corrected chi connectivity index (χ2v) is 7.43.